The summed E-state index contributed by atoms with van der Waals surface area (Å²) in [6.45, 7) is 0. The highest BCUT2D eigenvalue weighted by Gasteiger charge is 2.10. The van der Waals surface area contributed by atoms with Crippen molar-refractivity contribution in [3.8, 4) is 28.7 Å². The van der Waals surface area contributed by atoms with Crippen LogP contribution in [0.5, 0.6) is 11.5 Å². The Kier molecular flexibility index (Phi) is 3.88. The molecule has 0 saturated heterocycles. The average molecular weight is 275 g/mol. The first-order valence-electron chi connectivity index (χ1n) is 5.47. The van der Waals surface area contributed by atoms with Crippen LogP contribution in [0.2, 0.25) is 5.15 Å². The third-order valence-electron chi connectivity index (χ3n) is 2.68. The standard InChI is InChI=1S/C14H11ClN2O2/c1-18-11-3-4-13(19-2)12(6-11)10-5-9(7-16)14(15)17-8-10/h3-6,8H,1-2H3. The van der Waals surface area contributed by atoms with Crippen LogP contribution >= 0.6 is 11.6 Å². The summed E-state index contributed by atoms with van der Waals surface area (Å²) in [7, 11) is 3.17. The zero-order valence-corrected chi connectivity index (χ0v) is 11.2. The molecule has 2 rings (SSSR count). The Labute approximate surface area is 116 Å². The molecule has 2 aromatic rings. The van der Waals surface area contributed by atoms with Gasteiger partial charge in [-0.3, -0.25) is 0 Å². The van der Waals surface area contributed by atoms with E-state index in [1.54, 1.807) is 38.6 Å². The largest absolute Gasteiger partial charge is 0.497 e. The molecular formula is C14H11ClN2O2. The number of hydrogen-bond acceptors (Lipinski definition) is 4. The number of nitriles is 1. The maximum atomic E-state index is 8.99. The Balaban J connectivity index is 2.60. The predicted octanol–water partition coefficient (Wildman–Crippen LogP) is 3.29. The maximum absolute atomic E-state index is 8.99. The Hall–Kier alpha value is -2.25. The van der Waals surface area contributed by atoms with E-state index >= 15 is 0 Å². The predicted molar refractivity (Wildman–Crippen MR) is 72.5 cm³/mol. The number of methoxy groups -OCH3 is 2. The third kappa shape index (κ3) is 2.61. The molecule has 0 aliphatic carbocycles. The molecule has 5 heteroatoms. The lowest BCUT2D eigenvalue weighted by atomic mass is 10.0. The quantitative estimate of drug-likeness (QED) is 0.806. The van der Waals surface area contributed by atoms with Crippen molar-refractivity contribution >= 4 is 11.6 Å². The van der Waals surface area contributed by atoms with E-state index in [9.17, 15) is 0 Å². The van der Waals surface area contributed by atoms with E-state index in [2.05, 4.69) is 4.98 Å². The van der Waals surface area contributed by atoms with Crippen LogP contribution in [0.4, 0.5) is 0 Å². The molecule has 0 fully saturated rings. The van der Waals surface area contributed by atoms with E-state index < -0.39 is 0 Å². The van der Waals surface area contributed by atoms with Crippen LogP contribution in [0.1, 0.15) is 5.56 Å². The van der Waals surface area contributed by atoms with Gasteiger partial charge in [0.25, 0.3) is 0 Å². The highest BCUT2D eigenvalue weighted by Crippen LogP contribution is 2.34. The number of hydrogen-bond donors (Lipinski definition) is 0. The van der Waals surface area contributed by atoms with Gasteiger partial charge in [-0.2, -0.15) is 5.26 Å². The van der Waals surface area contributed by atoms with E-state index in [0.717, 1.165) is 11.1 Å². The van der Waals surface area contributed by atoms with Crippen molar-refractivity contribution in [3.05, 3.63) is 41.2 Å². The Morgan fingerprint density at radius 3 is 2.63 bits per heavy atom. The first kappa shape index (κ1) is 13.2. The normalized spacial score (nSPS) is 9.79. The van der Waals surface area contributed by atoms with Crippen LogP contribution in [0.15, 0.2) is 30.5 Å². The molecule has 1 aromatic carbocycles. The summed E-state index contributed by atoms with van der Waals surface area (Å²) in [6, 6.07) is 9.11. The average Bonchev–Trinajstić information content (AvgIpc) is 2.47. The summed E-state index contributed by atoms with van der Waals surface area (Å²) < 4.78 is 10.5. The van der Waals surface area contributed by atoms with E-state index in [1.807, 2.05) is 12.1 Å². The molecule has 0 radical (unpaired) electrons. The minimum Gasteiger partial charge on any atom is -0.497 e. The monoisotopic (exact) mass is 274 g/mol. The molecule has 1 heterocycles. The van der Waals surface area contributed by atoms with Gasteiger partial charge in [-0.1, -0.05) is 11.6 Å². The molecule has 4 nitrogen and oxygen atoms in total. The molecule has 0 saturated carbocycles. The summed E-state index contributed by atoms with van der Waals surface area (Å²) in [6.07, 6.45) is 1.60. The number of halogens is 1. The summed E-state index contributed by atoms with van der Waals surface area (Å²) in [5, 5.41) is 9.17. The number of aromatic nitrogens is 1. The van der Waals surface area contributed by atoms with Gasteiger partial charge in [-0.25, -0.2) is 4.98 Å². The van der Waals surface area contributed by atoms with Crippen LogP contribution < -0.4 is 9.47 Å². The van der Waals surface area contributed by atoms with Crippen LogP contribution in [-0.4, -0.2) is 19.2 Å². The molecule has 0 N–H and O–H groups in total. The third-order valence-corrected chi connectivity index (χ3v) is 2.98. The Morgan fingerprint density at radius 2 is 2.00 bits per heavy atom. The first-order chi connectivity index (χ1) is 9.19. The molecule has 96 valence electrons. The first-order valence-corrected chi connectivity index (χ1v) is 5.85. The second-order valence-electron chi connectivity index (χ2n) is 3.74. The minimum atomic E-state index is 0.188. The van der Waals surface area contributed by atoms with Gasteiger partial charge in [0.15, 0.2) is 0 Å². The molecule has 0 aliphatic rings. The van der Waals surface area contributed by atoms with Gasteiger partial charge >= 0.3 is 0 Å². The van der Waals surface area contributed by atoms with Gasteiger partial charge in [-0.15, -0.1) is 0 Å². The van der Waals surface area contributed by atoms with Crippen molar-refractivity contribution in [2.45, 2.75) is 0 Å². The fourth-order valence-electron chi connectivity index (χ4n) is 1.71. The summed E-state index contributed by atoms with van der Waals surface area (Å²) in [5.74, 6) is 1.37. The van der Waals surface area contributed by atoms with E-state index in [1.165, 1.54) is 0 Å². The topological polar surface area (TPSA) is 55.1 Å². The Bertz CT molecular complexity index is 650. The van der Waals surface area contributed by atoms with Crippen molar-refractivity contribution in [3.63, 3.8) is 0 Å². The molecule has 19 heavy (non-hydrogen) atoms. The van der Waals surface area contributed by atoms with E-state index in [4.69, 9.17) is 26.3 Å². The summed E-state index contributed by atoms with van der Waals surface area (Å²) >= 11 is 5.83. The smallest absolute Gasteiger partial charge is 0.146 e. The van der Waals surface area contributed by atoms with Gasteiger partial charge in [0.05, 0.1) is 19.8 Å². The fourth-order valence-corrected chi connectivity index (χ4v) is 1.86. The lowest BCUT2D eigenvalue weighted by molar-refractivity contribution is 0.404. The lowest BCUT2D eigenvalue weighted by Gasteiger charge is -2.10. The number of pyridine rings is 1. The highest BCUT2D eigenvalue weighted by molar-refractivity contribution is 6.30. The van der Waals surface area contributed by atoms with Gasteiger partial charge in [0.1, 0.15) is 22.7 Å². The van der Waals surface area contributed by atoms with Gasteiger partial charge in [0, 0.05) is 17.3 Å². The zero-order chi connectivity index (χ0) is 13.8. The molecule has 0 bridgehead atoms. The highest BCUT2D eigenvalue weighted by atomic mass is 35.5. The van der Waals surface area contributed by atoms with Crippen molar-refractivity contribution in [2.75, 3.05) is 14.2 Å². The van der Waals surface area contributed by atoms with Crippen molar-refractivity contribution in [1.29, 1.82) is 5.26 Å². The molecule has 0 aliphatic heterocycles. The zero-order valence-electron chi connectivity index (χ0n) is 10.5. The van der Waals surface area contributed by atoms with Gasteiger partial charge in [-0.05, 0) is 24.3 Å². The van der Waals surface area contributed by atoms with E-state index in [0.29, 0.717) is 17.1 Å². The summed E-state index contributed by atoms with van der Waals surface area (Å²) in [5.41, 5.74) is 1.86. The van der Waals surface area contributed by atoms with Gasteiger partial charge in [0.2, 0.25) is 0 Å². The SMILES string of the molecule is COc1ccc(OC)c(-c2cnc(Cl)c(C#N)c2)c1. The number of rotatable bonds is 3. The molecule has 0 amide bonds. The number of ether oxygens (including phenoxy) is 2. The molecule has 0 spiro atoms. The Morgan fingerprint density at radius 1 is 1.21 bits per heavy atom. The van der Waals surface area contributed by atoms with Crippen LogP contribution in [-0.2, 0) is 0 Å². The molecule has 1 aromatic heterocycles. The molecular weight excluding hydrogens is 264 g/mol. The van der Waals surface area contributed by atoms with Crippen molar-refractivity contribution in [1.82, 2.24) is 4.98 Å². The summed E-state index contributed by atoms with van der Waals surface area (Å²) in [4.78, 5) is 4.00. The van der Waals surface area contributed by atoms with Crippen molar-refractivity contribution < 1.29 is 9.47 Å². The van der Waals surface area contributed by atoms with Crippen LogP contribution in [0.3, 0.4) is 0 Å². The fraction of sp³-hybridized carbons (Fsp3) is 0.143. The van der Waals surface area contributed by atoms with Gasteiger partial charge < -0.3 is 9.47 Å². The number of nitrogens with zero attached hydrogens (tertiary/aromatic N) is 2. The van der Waals surface area contributed by atoms with E-state index in [-0.39, 0.29) is 5.15 Å². The second kappa shape index (κ2) is 5.59. The van der Waals surface area contributed by atoms with Crippen molar-refractivity contribution in [2.24, 2.45) is 0 Å². The van der Waals surface area contributed by atoms with Crippen LogP contribution in [0, 0.1) is 11.3 Å². The molecule has 0 unspecified atom stereocenters. The molecule has 0 atom stereocenters. The second-order valence-corrected chi connectivity index (χ2v) is 4.10. The lowest BCUT2D eigenvalue weighted by Crippen LogP contribution is -1.92. The number of benzene rings is 1. The maximum Gasteiger partial charge on any atom is 0.146 e. The van der Waals surface area contributed by atoms with Crippen LogP contribution in [0.25, 0.3) is 11.1 Å². The minimum absolute atomic E-state index is 0.188.